The van der Waals surface area contributed by atoms with Gasteiger partial charge in [-0.15, -0.1) is 0 Å². The Morgan fingerprint density at radius 1 is 1.23 bits per heavy atom. The van der Waals surface area contributed by atoms with Crippen molar-refractivity contribution in [2.75, 3.05) is 6.54 Å². The van der Waals surface area contributed by atoms with Crippen LogP contribution in [0.1, 0.15) is 18.4 Å². The smallest absolute Gasteiger partial charge is 0.126 e. The maximum Gasteiger partial charge on any atom is 0.126 e. The molecule has 0 aliphatic carbocycles. The highest BCUT2D eigenvalue weighted by Crippen LogP contribution is 2.36. The largest absolute Gasteiger partial charge is 0.508 e. The molecule has 72 valence electrons. The SMILES string of the molecule is CC(CN)c1c(O)cc(O)cc1O. The van der Waals surface area contributed by atoms with Crippen LogP contribution in [-0.4, -0.2) is 21.9 Å². The Labute approximate surface area is 76.2 Å². The number of rotatable bonds is 2. The molecule has 0 aliphatic rings. The Kier molecular flexibility index (Phi) is 2.63. The van der Waals surface area contributed by atoms with E-state index in [0.29, 0.717) is 12.1 Å². The van der Waals surface area contributed by atoms with Crippen LogP contribution in [0.5, 0.6) is 17.2 Å². The first-order valence-electron chi connectivity index (χ1n) is 4.01. The highest BCUT2D eigenvalue weighted by atomic mass is 16.3. The zero-order chi connectivity index (χ0) is 10.0. The molecule has 0 saturated heterocycles. The zero-order valence-electron chi connectivity index (χ0n) is 7.36. The number of phenols is 3. The summed E-state index contributed by atoms with van der Waals surface area (Å²) in [5.41, 5.74) is 5.77. The fraction of sp³-hybridized carbons (Fsp3) is 0.333. The number of aromatic hydroxyl groups is 3. The van der Waals surface area contributed by atoms with Crippen molar-refractivity contribution in [2.45, 2.75) is 12.8 Å². The fourth-order valence-electron chi connectivity index (χ4n) is 1.23. The molecule has 0 heterocycles. The van der Waals surface area contributed by atoms with Gasteiger partial charge < -0.3 is 21.1 Å². The van der Waals surface area contributed by atoms with Crippen molar-refractivity contribution in [1.82, 2.24) is 0 Å². The van der Waals surface area contributed by atoms with E-state index in [2.05, 4.69) is 0 Å². The van der Waals surface area contributed by atoms with Gasteiger partial charge in [0.05, 0.1) is 0 Å². The van der Waals surface area contributed by atoms with Gasteiger partial charge in [0, 0.05) is 23.6 Å². The van der Waals surface area contributed by atoms with Gasteiger partial charge in [-0.05, 0) is 6.54 Å². The maximum absolute atomic E-state index is 9.40. The monoisotopic (exact) mass is 183 g/mol. The van der Waals surface area contributed by atoms with Gasteiger partial charge >= 0.3 is 0 Å². The predicted molar refractivity (Wildman–Crippen MR) is 48.9 cm³/mol. The lowest BCUT2D eigenvalue weighted by molar-refractivity contribution is 0.414. The van der Waals surface area contributed by atoms with Crippen molar-refractivity contribution in [2.24, 2.45) is 5.73 Å². The van der Waals surface area contributed by atoms with E-state index in [1.54, 1.807) is 6.92 Å². The summed E-state index contributed by atoms with van der Waals surface area (Å²) in [6, 6.07) is 2.36. The molecule has 1 aromatic carbocycles. The third-order valence-corrected chi connectivity index (χ3v) is 1.97. The summed E-state index contributed by atoms with van der Waals surface area (Å²) in [4.78, 5) is 0. The summed E-state index contributed by atoms with van der Waals surface area (Å²) in [6.45, 7) is 2.11. The second-order valence-electron chi connectivity index (χ2n) is 3.03. The van der Waals surface area contributed by atoms with Crippen LogP contribution in [0.3, 0.4) is 0 Å². The van der Waals surface area contributed by atoms with E-state index in [4.69, 9.17) is 10.8 Å². The van der Waals surface area contributed by atoms with Crippen LogP contribution in [0, 0.1) is 0 Å². The number of nitrogens with two attached hydrogens (primary N) is 1. The molecule has 1 unspecified atom stereocenters. The molecule has 0 saturated carbocycles. The molecule has 5 N–H and O–H groups in total. The van der Waals surface area contributed by atoms with Crippen molar-refractivity contribution >= 4 is 0 Å². The predicted octanol–water partition coefficient (Wildman–Crippen LogP) is 0.866. The zero-order valence-corrected chi connectivity index (χ0v) is 7.36. The summed E-state index contributed by atoms with van der Waals surface area (Å²) in [5, 5.41) is 27.8. The summed E-state index contributed by atoms with van der Waals surface area (Å²) in [5.74, 6) is -0.561. The maximum atomic E-state index is 9.40. The average molecular weight is 183 g/mol. The molecule has 13 heavy (non-hydrogen) atoms. The number of benzene rings is 1. The Bertz CT molecular complexity index is 289. The summed E-state index contributed by atoms with van der Waals surface area (Å²) in [6.07, 6.45) is 0. The molecule has 0 radical (unpaired) electrons. The van der Waals surface area contributed by atoms with Gasteiger partial charge in [-0.2, -0.15) is 0 Å². The molecule has 4 nitrogen and oxygen atoms in total. The first kappa shape index (κ1) is 9.67. The molecule has 1 aromatic rings. The van der Waals surface area contributed by atoms with Crippen LogP contribution in [0.25, 0.3) is 0 Å². The van der Waals surface area contributed by atoms with Crippen LogP contribution in [-0.2, 0) is 0 Å². The lowest BCUT2D eigenvalue weighted by Gasteiger charge is -2.13. The molecule has 0 amide bonds. The summed E-state index contributed by atoms with van der Waals surface area (Å²) >= 11 is 0. The summed E-state index contributed by atoms with van der Waals surface area (Å²) in [7, 11) is 0. The van der Waals surface area contributed by atoms with Gasteiger partial charge in [0.15, 0.2) is 0 Å². The molecule has 0 spiro atoms. The second-order valence-corrected chi connectivity index (χ2v) is 3.03. The van der Waals surface area contributed by atoms with Crippen molar-refractivity contribution < 1.29 is 15.3 Å². The van der Waals surface area contributed by atoms with Crippen LogP contribution in [0.2, 0.25) is 0 Å². The second kappa shape index (κ2) is 3.53. The van der Waals surface area contributed by atoms with Crippen molar-refractivity contribution in [3.8, 4) is 17.2 Å². The normalized spacial score (nSPS) is 12.8. The third-order valence-electron chi connectivity index (χ3n) is 1.97. The summed E-state index contributed by atoms with van der Waals surface area (Å²) < 4.78 is 0. The molecular weight excluding hydrogens is 170 g/mol. The first-order valence-corrected chi connectivity index (χ1v) is 4.01. The van der Waals surface area contributed by atoms with Gasteiger partial charge in [0.2, 0.25) is 0 Å². The van der Waals surface area contributed by atoms with Gasteiger partial charge in [-0.1, -0.05) is 6.92 Å². The van der Waals surface area contributed by atoms with Gasteiger partial charge in [-0.25, -0.2) is 0 Å². The van der Waals surface area contributed by atoms with E-state index >= 15 is 0 Å². The molecule has 4 heteroatoms. The Morgan fingerprint density at radius 2 is 1.69 bits per heavy atom. The lowest BCUT2D eigenvalue weighted by atomic mass is 9.99. The van der Waals surface area contributed by atoms with E-state index in [9.17, 15) is 10.2 Å². The van der Waals surface area contributed by atoms with E-state index in [0.717, 1.165) is 0 Å². The molecular formula is C9H13NO3. The Hall–Kier alpha value is -1.42. The minimum Gasteiger partial charge on any atom is -0.508 e. The molecule has 0 bridgehead atoms. The van der Waals surface area contributed by atoms with Crippen LogP contribution >= 0.6 is 0 Å². The Balaban J connectivity index is 3.20. The highest BCUT2D eigenvalue weighted by Gasteiger charge is 2.14. The van der Waals surface area contributed by atoms with Crippen molar-refractivity contribution in [3.05, 3.63) is 17.7 Å². The quantitative estimate of drug-likeness (QED) is 0.547. The van der Waals surface area contributed by atoms with E-state index in [1.165, 1.54) is 12.1 Å². The van der Waals surface area contributed by atoms with Crippen LogP contribution in [0.4, 0.5) is 0 Å². The fourth-order valence-corrected chi connectivity index (χ4v) is 1.23. The first-order chi connectivity index (χ1) is 6.06. The van der Waals surface area contributed by atoms with Crippen LogP contribution < -0.4 is 5.73 Å². The van der Waals surface area contributed by atoms with Gasteiger partial charge in [0.25, 0.3) is 0 Å². The number of phenolic OH excluding ortho intramolecular Hbond substituents is 3. The molecule has 0 aromatic heterocycles. The number of hydrogen-bond donors (Lipinski definition) is 4. The van der Waals surface area contributed by atoms with E-state index in [1.807, 2.05) is 0 Å². The average Bonchev–Trinajstić information content (AvgIpc) is 2.02. The number of hydrogen-bond acceptors (Lipinski definition) is 4. The highest BCUT2D eigenvalue weighted by molar-refractivity contribution is 5.50. The van der Waals surface area contributed by atoms with Crippen molar-refractivity contribution in [1.29, 1.82) is 0 Å². The minimum atomic E-state index is -0.164. The Morgan fingerprint density at radius 3 is 2.08 bits per heavy atom. The minimum absolute atomic E-state index is 0.129. The van der Waals surface area contributed by atoms with E-state index < -0.39 is 0 Å². The van der Waals surface area contributed by atoms with E-state index in [-0.39, 0.29) is 23.2 Å². The van der Waals surface area contributed by atoms with Crippen molar-refractivity contribution in [3.63, 3.8) is 0 Å². The van der Waals surface area contributed by atoms with Crippen LogP contribution in [0.15, 0.2) is 12.1 Å². The van der Waals surface area contributed by atoms with Gasteiger partial charge in [0.1, 0.15) is 17.2 Å². The molecule has 0 aliphatic heterocycles. The molecule has 1 atom stereocenters. The molecule has 1 rings (SSSR count). The molecule has 0 fully saturated rings. The topological polar surface area (TPSA) is 86.7 Å². The third kappa shape index (κ3) is 1.84. The van der Waals surface area contributed by atoms with Gasteiger partial charge in [-0.3, -0.25) is 0 Å². The lowest BCUT2D eigenvalue weighted by Crippen LogP contribution is -2.09. The standard InChI is InChI=1S/C9H13NO3/c1-5(4-10)9-7(12)2-6(11)3-8(9)13/h2-3,5,11-13H,4,10H2,1H3.